The van der Waals surface area contributed by atoms with Crippen LogP contribution in [0.2, 0.25) is 0 Å². The van der Waals surface area contributed by atoms with E-state index in [0.29, 0.717) is 11.3 Å². The Balaban J connectivity index is 3.38. The van der Waals surface area contributed by atoms with Crippen LogP contribution in [0.5, 0.6) is 5.75 Å². The Bertz CT molecular complexity index is 462. The molecule has 0 saturated carbocycles. The molecule has 2 N–H and O–H groups in total. The monoisotopic (exact) mass is 221 g/mol. The normalized spacial score (nSPS) is 11.6. The fourth-order valence-electron chi connectivity index (χ4n) is 1.44. The number of nitrogens with zero attached hydrogens (tertiary/aromatic N) is 1. The minimum Gasteiger partial charge on any atom is -0.496 e. The van der Waals surface area contributed by atoms with E-state index in [1.807, 2.05) is 6.07 Å². The number of ether oxygens (including phenoxy) is 1. The Hall–Kier alpha value is -2.06. The molecule has 1 unspecified atom stereocenters. The maximum absolute atomic E-state index is 10.6. The second-order valence-electron chi connectivity index (χ2n) is 3.21. The second-order valence-corrected chi connectivity index (χ2v) is 3.21. The molecular formula is C11H11NO4. The number of carboxylic acid groups (broad SMARTS) is 1. The fraction of sp³-hybridized carbons (Fsp3) is 0.273. The summed E-state index contributed by atoms with van der Waals surface area (Å²) in [6.45, 7) is 1.63. The molecule has 1 aromatic rings. The molecule has 0 heterocycles. The molecule has 0 aromatic heterocycles. The van der Waals surface area contributed by atoms with Crippen molar-refractivity contribution in [3.05, 3.63) is 28.8 Å². The highest BCUT2D eigenvalue weighted by Gasteiger charge is 2.22. The smallest absolute Gasteiger partial charge is 0.337 e. The summed E-state index contributed by atoms with van der Waals surface area (Å²) in [4.78, 5) is 10.6. The minimum absolute atomic E-state index is 0.0771. The summed E-state index contributed by atoms with van der Waals surface area (Å²) in [6, 6.07) is 4.77. The van der Waals surface area contributed by atoms with Gasteiger partial charge in [0.1, 0.15) is 5.75 Å². The molecule has 0 spiro atoms. The van der Waals surface area contributed by atoms with Crippen LogP contribution in [0.3, 0.4) is 0 Å². The first-order valence-electron chi connectivity index (χ1n) is 4.51. The van der Waals surface area contributed by atoms with Crippen LogP contribution in [0.25, 0.3) is 0 Å². The summed E-state index contributed by atoms with van der Waals surface area (Å²) in [6.07, 6.45) is -1.70. The maximum atomic E-state index is 10.6. The number of nitriles is 1. The van der Waals surface area contributed by atoms with Gasteiger partial charge < -0.3 is 14.9 Å². The van der Waals surface area contributed by atoms with Gasteiger partial charge in [-0.2, -0.15) is 5.26 Å². The standard InChI is InChI=1S/C11H11NO4/c1-6-8(5-12)7(10(13)11(14)15)3-4-9(6)16-2/h3-4,10,13H,1-2H3,(H,14,15). The van der Waals surface area contributed by atoms with Crippen molar-refractivity contribution in [1.29, 1.82) is 5.26 Å². The lowest BCUT2D eigenvalue weighted by Gasteiger charge is -2.12. The lowest BCUT2D eigenvalue weighted by Crippen LogP contribution is -2.12. The summed E-state index contributed by atoms with van der Waals surface area (Å²) in [5.74, 6) is -0.904. The summed E-state index contributed by atoms with van der Waals surface area (Å²) < 4.78 is 5.00. The molecule has 0 amide bonds. The number of hydrogen-bond acceptors (Lipinski definition) is 4. The van der Waals surface area contributed by atoms with E-state index in [1.165, 1.54) is 19.2 Å². The van der Waals surface area contributed by atoms with Crippen LogP contribution in [-0.2, 0) is 4.79 Å². The van der Waals surface area contributed by atoms with Gasteiger partial charge in [0.05, 0.1) is 18.7 Å². The summed E-state index contributed by atoms with van der Waals surface area (Å²) >= 11 is 0. The number of methoxy groups -OCH3 is 1. The molecule has 0 aliphatic rings. The number of hydrogen-bond donors (Lipinski definition) is 2. The molecule has 5 heteroatoms. The van der Waals surface area contributed by atoms with Gasteiger partial charge in [-0.25, -0.2) is 4.79 Å². The van der Waals surface area contributed by atoms with Gasteiger partial charge in [-0.3, -0.25) is 0 Å². The zero-order valence-corrected chi connectivity index (χ0v) is 8.89. The molecule has 0 aliphatic carbocycles. The number of aliphatic hydroxyl groups is 1. The molecule has 0 saturated heterocycles. The number of aliphatic hydroxyl groups excluding tert-OH is 1. The third kappa shape index (κ3) is 1.97. The first kappa shape index (κ1) is 12.0. The predicted octanol–water partition coefficient (Wildman–Crippen LogP) is 0.993. The summed E-state index contributed by atoms with van der Waals surface area (Å²) in [5, 5.41) is 27.0. The number of rotatable bonds is 3. The maximum Gasteiger partial charge on any atom is 0.337 e. The first-order chi connectivity index (χ1) is 7.52. The van der Waals surface area contributed by atoms with Crippen LogP contribution < -0.4 is 4.74 Å². The average molecular weight is 221 g/mol. The van der Waals surface area contributed by atoms with Gasteiger partial charge in [0.25, 0.3) is 0 Å². The Morgan fingerprint density at radius 3 is 2.62 bits per heavy atom. The van der Waals surface area contributed by atoms with Crippen LogP contribution in [0.1, 0.15) is 22.8 Å². The molecule has 1 aromatic carbocycles. The van der Waals surface area contributed by atoms with Crippen molar-refractivity contribution >= 4 is 5.97 Å². The number of carbonyl (C=O) groups is 1. The fourth-order valence-corrected chi connectivity index (χ4v) is 1.44. The van der Waals surface area contributed by atoms with Crippen LogP contribution in [0.4, 0.5) is 0 Å². The number of benzene rings is 1. The average Bonchev–Trinajstić information content (AvgIpc) is 2.27. The quantitative estimate of drug-likeness (QED) is 0.794. The highest BCUT2D eigenvalue weighted by molar-refractivity contribution is 5.75. The largest absolute Gasteiger partial charge is 0.496 e. The molecule has 1 atom stereocenters. The number of aliphatic carboxylic acids is 1. The lowest BCUT2D eigenvalue weighted by molar-refractivity contribution is -0.146. The van der Waals surface area contributed by atoms with Gasteiger partial charge in [-0.1, -0.05) is 6.07 Å². The molecular weight excluding hydrogens is 210 g/mol. The van der Waals surface area contributed by atoms with Crippen molar-refractivity contribution in [3.63, 3.8) is 0 Å². The van der Waals surface area contributed by atoms with Crippen LogP contribution in [0.15, 0.2) is 12.1 Å². The lowest BCUT2D eigenvalue weighted by atomic mass is 9.98. The van der Waals surface area contributed by atoms with E-state index < -0.39 is 12.1 Å². The third-order valence-electron chi connectivity index (χ3n) is 2.31. The Kier molecular flexibility index (Phi) is 3.48. The van der Waals surface area contributed by atoms with Crippen molar-refractivity contribution in [2.45, 2.75) is 13.0 Å². The van der Waals surface area contributed by atoms with Gasteiger partial charge in [0, 0.05) is 11.1 Å². The molecule has 16 heavy (non-hydrogen) atoms. The number of carboxylic acids is 1. The van der Waals surface area contributed by atoms with Gasteiger partial charge in [-0.05, 0) is 13.0 Å². The third-order valence-corrected chi connectivity index (χ3v) is 2.31. The first-order valence-corrected chi connectivity index (χ1v) is 4.51. The molecule has 1 rings (SSSR count). The van der Waals surface area contributed by atoms with Crippen molar-refractivity contribution < 1.29 is 19.7 Å². The van der Waals surface area contributed by atoms with E-state index in [9.17, 15) is 9.90 Å². The van der Waals surface area contributed by atoms with Gasteiger partial charge in [0.2, 0.25) is 0 Å². The van der Waals surface area contributed by atoms with Crippen LogP contribution >= 0.6 is 0 Å². The molecule has 0 radical (unpaired) electrons. The highest BCUT2D eigenvalue weighted by Crippen LogP contribution is 2.27. The van der Waals surface area contributed by atoms with E-state index in [-0.39, 0.29) is 11.1 Å². The molecule has 5 nitrogen and oxygen atoms in total. The zero-order chi connectivity index (χ0) is 12.3. The van der Waals surface area contributed by atoms with E-state index in [4.69, 9.17) is 15.1 Å². The van der Waals surface area contributed by atoms with E-state index in [2.05, 4.69) is 0 Å². The summed E-state index contributed by atoms with van der Waals surface area (Å²) in [5.41, 5.74) is 0.727. The zero-order valence-electron chi connectivity index (χ0n) is 8.89. The Morgan fingerprint density at radius 2 is 2.19 bits per heavy atom. The second kappa shape index (κ2) is 4.64. The minimum atomic E-state index is -1.70. The molecule has 0 fully saturated rings. The van der Waals surface area contributed by atoms with Crippen molar-refractivity contribution in [1.82, 2.24) is 0 Å². The van der Waals surface area contributed by atoms with Gasteiger partial charge in [-0.15, -0.1) is 0 Å². The molecule has 0 aliphatic heterocycles. The Labute approximate surface area is 92.5 Å². The Morgan fingerprint density at radius 1 is 1.56 bits per heavy atom. The van der Waals surface area contributed by atoms with E-state index in [1.54, 1.807) is 6.92 Å². The van der Waals surface area contributed by atoms with Gasteiger partial charge in [0.15, 0.2) is 6.10 Å². The van der Waals surface area contributed by atoms with E-state index >= 15 is 0 Å². The van der Waals surface area contributed by atoms with Crippen LogP contribution in [-0.4, -0.2) is 23.3 Å². The highest BCUT2D eigenvalue weighted by atomic mass is 16.5. The molecule has 84 valence electrons. The van der Waals surface area contributed by atoms with Gasteiger partial charge >= 0.3 is 5.97 Å². The van der Waals surface area contributed by atoms with Crippen LogP contribution in [0, 0.1) is 18.3 Å². The van der Waals surface area contributed by atoms with Crippen molar-refractivity contribution in [3.8, 4) is 11.8 Å². The van der Waals surface area contributed by atoms with Crippen molar-refractivity contribution in [2.24, 2.45) is 0 Å². The SMILES string of the molecule is COc1ccc(C(O)C(=O)O)c(C#N)c1C. The topological polar surface area (TPSA) is 90.6 Å². The molecule has 0 bridgehead atoms. The van der Waals surface area contributed by atoms with E-state index in [0.717, 1.165) is 0 Å². The van der Waals surface area contributed by atoms with Crippen molar-refractivity contribution in [2.75, 3.05) is 7.11 Å². The predicted molar refractivity (Wildman–Crippen MR) is 55.0 cm³/mol. The summed E-state index contributed by atoms with van der Waals surface area (Å²) in [7, 11) is 1.46.